The highest BCUT2D eigenvalue weighted by Gasteiger charge is 2.25. The minimum absolute atomic E-state index is 0.0609. The van der Waals surface area contributed by atoms with E-state index in [0.29, 0.717) is 5.56 Å². The van der Waals surface area contributed by atoms with Crippen LogP contribution in [-0.4, -0.2) is 0 Å². The van der Waals surface area contributed by atoms with Crippen molar-refractivity contribution in [3.63, 3.8) is 0 Å². The summed E-state index contributed by atoms with van der Waals surface area (Å²) in [5, 5.41) is 0. The van der Waals surface area contributed by atoms with Gasteiger partial charge in [-0.25, -0.2) is 4.39 Å². The Kier molecular flexibility index (Phi) is 5.76. The van der Waals surface area contributed by atoms with Crippen LogP contribution in [-0.2, 0) is 5.41 Å². The SMILES string of the molecule is CCCCCCC(C)(C)c1cccc(-c2ccccc2)c1F. The molecule has 0 heterocycles. The molecular formula is C21H27F. The first-order chi connectivity index (χ1) is 10.6. The molecule has 0 aliphatic rings. The van der Waals surface area contributed by atoms with E-state index >= 15 is 4.39 Å². The Balaban J connectivity index is 2.24. The molecule has 0 nitrogen and oxygen atoms in total. The molecule has 0 atom stereocenters. The first-order valence-electron chi connectivity index (χ1n) is 8.40. The first kappa shape index (κ1) is 16.7. The lowest BCUT2D eigenvalue weighted by molar-refractivity contribution is 0.425. The van der Waals surface area contributed by atoms with Crippen LogP contribution in [0.2, 0.25) is 0 Å². The Hall–Kier alpha value is -1.63. The minimum atomic E-state index is -0.122. The van der Waals surface area contributed by atoms with Crippen molar-refractivity contribution in [2.75, 3.05) is 0 Å². The average Bonchev–Trinajstić information content (AvgIpc) is 2.52. The molecule has 0 aliphatic heterocycles. The summed E-state index contributed by atoms with van der Waals surface area (Å²) in [6.07, 6.45) is 5.93. The Labute approximate surface area is 134 Å². The van der Waals surface area contributed by atoms with E-state index in [1.807, 2.05) is 48.5 Å². The molecule has 0 bridgehead atoms. The van der Waals surface area contributed by atoms with E-state index in [-0.39, 0.29) is 11.2 Å². The fourth-order valence-electron chi connectivity index (χ4n) is 3.02. The van der Waals surface area contributed by atoms with Crippen molar-refractivity contribution in [1.82, 2.24) is 0 Å². The fraction of sp³-hybridized carbons (Fsp3) is 0.429. The molecule has 0 radical (unpaired) electrons. The molecule has 0 amide bonds. The molecule has 2 aromatic rings. The van der Waals surface area contributed by atoms with Crippen LogP contribution in [0.4, 0.5) is 4.39 Å². The summed E-state index contributed by atoms with van der Waals surface area (Å²) in [6.45, 7) is 6.53. The van der Waals surface area contributed by atoms with Gasteiger partial charge in [0.1, 0.15) is 5.82 Å². The molecule has 0 N–H and O–H groups in total. The van der Waals surface area contributed by atoms with Gasteiger partial charge in [0.05, 0.1) is 0 Å². The van der Waals surface area contributed by atoms with Gasteiger partial charge in [0, 0.05) is 5.56 Å². The Morgan fingerprint density at radius 2 is 1.59 bits per heavy atom. The molecular weight excluding hydrogens is 271 g/mol. The third-order valence-electron chi connectivity index (χ3n) is 4.47. The first-order valence-corrected chi connectivity index (χ1v) is 8.40. The second-order valence-corrected chi connectivity index (χ2v) is 6.73. The Bertz CT molecular complexity index is 584. The lowest BCUT2D eigenvalue weighted by Gasteiger charge is -2.26. The smallest absolute Gasteiger partial charge is 0.134 e. The van der Waals surface area contributed by atoms with Gasteiger partial charge in [0.15, 0.2) is 0 Å². The molecule has 0 aromatic heterocycles. The predicted octanol–water partition coefficient (Wildman–Crippen LogP) is 6.74. The van der Waals surface area contributed by atoms with Gasteiger partial charge in [-0.1, -0.05) is 95.0 Å². The highest BCUT2D eigenvalue weighted by molar-refractivity contribution is 5.65. The maximum Gasteiger partial charge on any atom is 0.134 e. The number of halogens is 1. The maximum absolute atomic E-state index is 15.0. The summed E-state index contributed by atoms with van der Waals surface area (Å²) >= 11 is 0. The number of benzene rings is 2. The van der Waals surface area contributed by atoms with Crippen molar-refractivity contribution in [3.05, 3.63) is 59.9 Å². The van der Waals surface area contributed by atoms with Gasteiger partial charge < -0.3 is 0 Å². The van der Waals surface area contributed by atoms with Gasteiger partial charge >= 0.3 is 0 Å². The summed E-state index contributed by atoms with van der Waals surface area (Å²) in [4.78, 5) is 0. The van der Waals surface area contributed by atoms with Crippen LogP contribution in [0, 0.1) is 5.82 Å². The van der Waals surface area contributed by atoms with Crippen molar-refractivity contribution in [2.24, 2.45) is 0 Å². The van der Waals surface area contributed by atoms with Crippen LogP contribution in [0.1, 0.15) is 58.4 Å². The molecule has 1 heteroatoms. The van der Waals surface area contributed by atoms with E-state index in [9.17, 15) is 0 Å². The minimum Gasteiger partial charge on any atom is -0.206 e. The van der Waals surface area contributed by atoms with Gasteiger partial charge in [0.2, 0.25) is 0 Å². The molecule has 118 valence electrons. The van der Waals surface area contributed by atoms with Crippen LogP contribution in [0.25, 0.3) is 11.1 Å². The van der Waals surface area contributed by atoms with Crippen LogP contribution in [0.3, 0.4) is 0 Å². The van der Waals surface area contributed by atoms with E-state index in [2.05, 4.69) is 20.8 Å². The third-order valence-corrected chi connectivity index (χ3v) is 4.47. The maximum atomic E-state index is 15.0. The zero-order chi connectivity index (χ0) is 16.0. The van der Waals surface area contributed by atoms with Crippen LogP contribution in [0.15, 0.2) is 48.5 Å². The summed E-state index contributed by atoms with van der Waals surface area (Å²) in [7, 11) is 0. The predicted molar refractivity (Wildman–Crippen MR) is 93.6 cm³/mol. The van der Waals surface area contributed by atoms with Crippen LogP contribution in [0.5, 0.6) is 0 Å². The molecule has 0 fully saturated rings. The standard InChI is InChI=1S/C21H27F/c1-4-5-6-10-16-21(2,3)19-15-11-14-18(20(19)22)17-12-8-7-9-13-17/h7-9,11-15H,4-6,10,16H2,1-3H3. The van der Waals surface area contributed by atoms with Crippen molar-refractivity contribution in [1.29, 1.82) is 0 Å². The molecule has 0 aliphatic carbocycles. The van der Waals surface area contributed by atoms with Gasteiger partial charge in [-0.05, 0) is 23.0 Å². The lowest BCUT2D eigenvalue weighted by atomic mass is 9.78. The van der Waals surface area contributed by atoms with Crippen LogP contribution >= 0.6 is 0 Å². The second kappa shape index (κ2) is 7.58. The summed E-state index contributed by atoms with van der Waals surface area (Å²) < 4.78 is 15.0. The molecule has 0 saturated heterocycles. The number of unbranched alkanes of at least 4 members (excludes halogenated alkanes) is 3. The van der Waals surface area contributed by atoms with E-state index in [0.717, 1.165) is 24.0 Å². The van der Waals surface area contributed by atoms with Crippen LogP contribution < -0.4 is 0 Å². The summed E-state index contributed by atoms with van der Waals surface area (Å²) in [5.74, 6) is -0.0609. The molecule has 0 saturated carbocycles. The highest BCUT2D eigenvalue weighted by Crippen LogP contribution is 2.35. The van der Waals surface area contributed by atoms with E-state index < -0.39 is 0 Å². The monoisotopic (exact) mass is 298 g/mol. The molecule has 0 spiro atoms. The fourth-order valence-corrected chi connectivity index (χ4v) is 3.02. The Morgan fingerprint density at radius 1 is 0.864 bits per heavy atom. The van der Waals surface area contributed by atoms with Crippen molar-refractivity contribution >= 4 is 0 Å². The van der Waals surface area contributed by atoms with Crippen molar-refractivity contribution < 1.29 is 4.39 Å². The number of hydrogen-bond donors (Lipinski definition) is 0. The van der Waals surface area contributed by atoms with Gasteiger partial charge in [-0.15, -0.1) is 0 Å². The molecule has 2 rings (SSSR count). The van der Waals surface area contributed by atoms with E-state index in [4.69, 9.17) is 0 Å². The molecule has 0 unspecified atom stereocenters. The summed E-state index contributed by atoms with van der Waals surface area (Å²) in [6, 6.07) is 15.6. The Morgan fingerprint density at radius 3 is 2.27 bits per heavy atom. The van der Waals surface area contributed by atoms with Gasteiger partial charge in [-0.3, -0.25) is 0 Å². The topological polar surface area (TPSA) is 0 Å². The second-order valence-electron chi connectivity index (χ2n) is 6.73. The number of rotatable bonds is 7. The normalized spacial score (nSPS) is 11.6. The van der Waals surface area contributed by atoms with Crippen molar-refractivity contribution in [2.45, 2.75) is 58.3 Å². The largest absolute Gasteiger partial charge is 0.206 e. The average molecular weight is 298 g/mol. The third kappa shape index (κ3) is 3.97. The van der Waals surface area contributed by atoms with E-state index in [1.54, 1.807) is 0 Å². The summed E-state index contributed by atoms with van der Waals surface area (Å²) in [5.41, 5.74) is 2.37. The van der Waals surface area contributed by atoms with E-state index in [1.165, 1.54) is 19.3 Å². The lowest BCUT2D eigenvalue weighted by Crippen LogP contribution is -2.19. The van der Waals surface area contributed by atoms with Gasteiger partial charge in [-0.2, -0.15) is 0 Å². The zero-order valence-electron chi connectivity index (χ0n) is 14.0. The quantitative estimate of drug-likeness (QED) is 0.496. The molecule has 22 heavy (non-hydrogen) atoms. The highest BCUT2D eigenvalue weighted by atomic mass is 19.1. The van der Waals surface area contributed by atoms with Crippen molar-refractivity contribution in [3.8, 4) is 11.1 Å². The molecule has 2 aromatic carbocycles. The zero-order valence-corrected chi connectivity index (χ0v) is 14.0. The van der Waals surface area contributed by atoms with Gasteiger partial charge in [0.25, 0.3) is 0 Å². The number of hydrogen-bond acceptors (Lipinski definition) is 0.